The zero-order valence-electron chi connectivity index (χ0n) is 22.5. The Bertz CT molecular complexity index is 832. The highest BCUT2D eigenvalue weighted by molar-refractivity contribution is 5.22. The van der Waals surface area contributed by atoms with E-state index >= 15 is 0 Å². The first-order valence-corrected chi connectivity index (χ1v) is 14.2. The summed E-state index contributed by atoms with van der Waals surface area (Å²) in [7, 11) is 0. The second-order valence-electron chi connectivity index (χ2n) is 15.7. The molecular weight excluding hydrogens is 408 g/mol. The Morgan fingerprint density at radius 2 is 1.48 bits per heavy atom. The molecule has 3 heteroatoms. The van der Waals surface area contributed by atoms with Crippen molar-refractivity contribution in [2.75, 3.05) is 6.61 Å². The van der Waals surface area contributed by atoms with Gasteiger partial charge in [0.1, 0.15) is 0 Å². The zero-order valence-corrected chi connectivity index (χ0v) is 22.5. The van der Waals surface area contributed by atoms with Gasteiger partial charge in [-0.1, -0.05) is 34.6 Å². The maximum atomic E-state index is 11.4. The fourth-order valence-electron chi connectivity index (χ4n) is 12.1. The summed E-state index contributed by atoms with van der Waals surface area (Å²) in [4.78, 5) is 0. The topological polar surface area (TPSA) is 49.7 Å². The van der Waals surface area contributed by atoms with E-state index in [4.69, 9.17) is 4.74 Å². The predicted molar refractivity (Wildman–Crippen MR) is 131 cm³/mol. The summed E-state index contributed by atoms with van der Waals surface area (Å²) >= 11 is 0. The van der Waals surface area contributed by atoms with E-state index in [-0.39, 0.29) is 10.8 Å². The molecule has 0 aromatic carbocycles. The van der Waals surface area contributed by atoms with E-state index < -0.39 is 11.4 Å². The van der Waals surface area contributed by atoms with Crippen LogP contribution in [0.3, 0.4) is 0 Å². The lowest BCUT2D eigenvalue weighted by Gasteiger charge is -2.76. The van der Waals surface area contributed by atoms with Crippen LogP contribution in [0.5, 0.6) is 0 Å². The average Bonchev–Trinajstić information content (AvgIpc) is 3.08. The van der Waals surface area contributed by atoms with Crippen LogP contribution in [0.25, 0.3) is 0 Å². The molecule has 0 aromatic rings. The molecule has 5 aliphatic carbocycles. The van der Waals surface area contributed by atoms with Gasteiger partial charge in [0.05, 0.1) is 12.2 Å². The number of rotatable bonds is 1. The van der Waals surface area contributed by atoms with Crippen LogP contribution in [-0.4, -0.2) is 28.2 Å². The molecule has 2 saturated heterocycles. The fraction of sp³-hybridized carbons (Fsp3) is 1.00. The quantitative estimate of drug-likeness (QED) is 0.468. The molecule has 5 saturated carbocycles. The summed E-state index contributed by atoms with van der Waals surface area (Å²) in [5.74, 6) is 2.15. The Balaban J connectivity index is 1.41. The van der Waals surface area contributed by atoms with Gasteiger partial charge in [-0.15, -0.1) is 0 Å². The van der Waals surface area contributed by atoms with E-state index in [0.29, 0.717) is 39.9 Å². The smallest absolute Gasteiger partial charge is 0.170 e. The Morgan fingerprint density at radius 3 is 2.12 bits per heavy atom. The summed E-state index contributed by atoms with van der Waals surface area (Å²) in [6.45, 7) is 17.4. The van der Waals surface area contributed by atoms with E-state index in [2.05, 4.69) is 48.5 Å². The van der Waals surface area contributed by atoms with Crippen molar-refractivity contribution in [1.82, 2.24) is 0 Å². The number of fused-ring (bicyclic) bond motifs is 7. The van der Waals surface area contributed by atoms with Gasteiger partial charge in [0, 0.05) is 17.3 Å². The van der Waals surface area contributed by atoms with Gasteiger partial charge in [0.25, 0.3) is 0 Å². The van der Waals surface area contributed by atoms with Crippen LogP contribution in [-0.2, 0) is 4.74 Å². The second kappa shape index (κ2) is 6.41. The maximum Gasteiger partial charge on any atom is 0.170 e. The van der Waals surface area contributed by atoms with E-state index in [0.717, 1.165) is 25.4 Å². The SMILES string of the molecule is CC(C)(O)C1CCC2(C)CCC3(C)C(CCC4C56CCC(O)(OC5)C(C)(C)C6CCC43C)C12. The van der Waals surface area contributed by atoms with Crippen molar-refractivity contribution in [3.8, 4) is 0 Å². The molecule has 3 nitrogen and oxygen atoms in total. The molecule has 0 aromatic heterocycles. The third kappa shape index (κ3) is 2.54. The number of hydrogen-bond acceptors (Lipinski definition) is 3. The molecular formula is C30H50O3. The third-order valence-electron chi connectivity index (χ3n) is 14.2. The lowest BCUT2D eigenvalue weighted by atomic mass is 9.31. The van der Waals surface area contributed by atoms with Crippen molar-refractivity contribution in [1.29, 1.82) is 0 Å². The molecule has 10 atom stereocenters. The molecule has 2 N–H and O–H groups in total. The molecule has 2 aliphatic heterocycles. The van der Waals surface area contributed by atoms with Crippen molar-refractivity contribution in [3.05, 3.63) is 0 Å². The van der Waals surface area contributed by atoms with Crippen molar-refractivity contribution in [2.45, 2.75) is 124 Å². The van der Waals surface area contributed by atoms with E-state index in [1.165, 1.54) is 51.4 Å². The molecule has 2 bridgehead atoms. The van der Waals surface area contributed by atoms with Gasteiger partial charge in [-0.05, 0) is 117 Å². The molecule has 0 amide bonds. The van der Waals surface area contributed by atoms with Crippen molar-refractivity contribution in [2.24, 2.45) is 56.7 Å². The highest BCUT2D eigenvalue weighted by Gasteiger charge is 2.75. The minimum absolute atomic E-state index is 0.162. The Morgan fingerprint density at radius 1 is 0.758 bits per heavy atom. The van der Waals surface area contributed by atoms with Crippen LogP contribution in [0, 0.1) is 56.7 Å². The first-order valence-electron chi connectivity index (χ1n) is 14.2. The van der Waals surface area contributed by atoms with Crippen molar-refractivity contribution < 1.29 is 14.9 Å². The lowest BCUT2D eigenvalue weighted by molar-refractivity contribution is -0.401. The highest BCUT2D eigenvalue weighted by atomic mass is 16.6. The molecule has 1 spiro atoms. The Labute approximate surface area is 202 Å². The monoisotopic (exact) mass is 458 g/mol. The molecule has 7 aliphatic rings. The van der Waals surface area contributed by atoms with E-state index in [9.17, 15) is 10.2 Å². The molecule has 0 radical (unpaired) electrons. The lowest BCUT2D eigenvalue weighted by Crippen LogP contribution is -2.74. The predicted octanol–water partition coefficient (Wildman–Crippen LogP) is 6.56. The van der Waals surface area contributed by atoms with Crippen molar-refractivity contribution >= 4 is 0 Å². The van der Waals surface area contributed by atoms with Gasteiger partial charge in [-0.25, -0.2) is 0 Å². The highest BCUT2D eigenvalue weighted by Crippen LogP contribution is 2.79. The maximum absolute atomic E-state index is 11.4. The Kier molecular flexibility index (Phi) is 4.52. The number of aliphatic hydroxyl groups is 2. The average molecular weight is 459 g/mol. The number of hydrogen-bond donors (Lipinski definition) is 2. The minimum atomic E-state index is -0.926. The Hall–Kier alpha value is -0.120. The molecule has 188 valence electrons. The summed E-state index contributed by atoms with van der Waals surface area (Å²) in [6, 6.07) is 0. The van der Waals surface area contributed by atoms with Crippen LogP contribution < -0.4 is 0 Å². The van der Waals surface area contributed by atoms with Crippen molar-refractivity contribution in [3.63, 3.8) is 0 Å². The molecule has 10 unspecified atom stereocenters. The van der Waals surface area contributed by atoms with Crippen LogP contribution in [0.1, 0.15) is 113 Å². The summed E-state index contributed by atoms with van der Waals surface area (Å²) in [5, 5.41) is 22.6. The molecule has 7 rings (SSSR count). The van der Waals surface area contributed by atoms with Crippen LogP contribution in [0.2, 0.25) is 0 Å². The van der Waals surface area contributed by atoms with E-state index in [1.807, 2.05) is 0 Å². The third-order valence-corrected chi connectivity index (χ3v) is 14.2. The van der Waals surface area contributed by atoms with Gasteiger partial charge in [0.2, 0.25) is 0 Å². The first-order chi connectivity index (χ1) is 15.1. The van der Waals surface area contributed by atoms with Gasteiger partial charge in [0.15, 0.2) is 5.79 Å². The van der Waals surface area contributed by atoms with Gasteiger partial charge in [-0.2, -0.15) is 0 Å². The summed E-state index contributed by atoms with van der Waals surface area (Å²) in [5.41, 5.74) is 0.566. The number of ether oxygens (including phenoxy) is 1. The van der Waals surface area contributed by atoms with E-state index in [1.54, 1.807) is 0 Å². The summed E-state index contributed by atoms with van der Waals surface area (Å²) < 4.78 is 6.37. The van der Waals surface area contributed by atoms with Crippen LogP contribution in [0.15, 0.2) is 0 Å². The van der Waals surface area contributed by atoms with Gasteiger partial charge >= 0.3 is 0 Å². The largest absolute Gasteiger partial charge is 0.390 e. The zero-order chi connectivity index (χ0) is 23.9. The second-order valence-corrected chi connectivity index (χ2v) is 15.7. The molecule has 33 heavy (non-hydrogen) atoms. The fourth-order valence-corrected chi connectivity index (χ4v) is 12.1. The van der Waals surface area contributed by atoms with Crippen LogP contribution in [0.4, 0.5) is 0 Å². The van der Waals surface area contributed by atoms with Gasteiger partial charge in [-0.3, -0.25) is 0 Å². The molecule has 2 heterocycles. The first kappa shape index (κ1) is 23.3. The molecule has 7 fully saturated rings. The summed E-state index contributed by atoms with van der Waals surface area (Å²) in [6.07, 6.45) is 12.3. The normalized spacial score (nSPS) is 59.4. The van der Waals surface area contributed by atoms with Gasteiger partial charge < -0.3 is 14.9 Å². The minimum Gasteiger partial charge on any atom is -0.390 e. The standard InChI is InChI=1S/C30H50O3/c1-24(2)21-11-13-28(7)22(29(21)16-17-30(24,32)33-18-29)9-8-20-23-19(25(3,4)31)10-12-26(23,5)14-15-27(20,28)6/h19-23,31-32H,8-18H2,1-7H3. The van der Waals surface area contributed by atoms with Crippen LogP contribution >= 0.6 is 0 Å².